The molecule has 0 radical (unpaired) electrons. The van der Waals surface area contributed by atoms with E-state index in [1.165, 1.54) is 0 Å². The molecule has 4 rings (SSSR count). The van der Waals surface area contributed by atoms with Crippen LogP contribution in [0.4, 0.5) is 0 Å². The van der Waals surface area contributed by atoms with E-state index in [4.69, 9.17) is 0 Å². The maximum atomic E-state index is 12.4. The van der Waals surface area contributed by atoms with Gasteiger partial charge in [-0.2, -0.15) is 0 Å². The molecule has 21 heavy (non-hydrogen) atoms. The number of hydrogen-bond acceptors (Lipinski definition) is 2. The van der Waals surface area contributed by atoms with Crippen LogP contribution < -0.4 is 5.32 Å². The Morgan fingerprint density at radius 2 is 1.57 bits per heavy atom. The first-order valence-corrected chi connectivity index (χ1v) is 6.83. The molecular formula is C18H13NO2. The number of carbonyl (C=O) groups excluding carboxylic acids is 1. The Kier molecular flexibility index (Phi) is 2.41. The zero-order chi connectivity index (χ0) is 14.4. The summed E-state index contributed by atoms with van der Waals surface area (Å²) in [5.41, 5.74) is 0.470. The molecular weight excluding hydrogens is 262 g/mol. The summed E-state index contributed by atoms with van der Waals surface area (Å²) < 4.78 is 0. The summed E-state index contributed by atoms with van der Waals surface area (Å²) in [5.74, 6) is -0.259. The van der Waals surface area contributed by atoms with E-state index in [1.807, 2.05) is 60.7 Å². The van der Waals surface area contributed by atoms with Gasteiger partial charge in [-0.05, 0) is 11.5 Å². The van der Waals surface area contributed by atoms with Gasteiger partial charge >= 0.3 is 0 Å². The van der Waals surface area contributed by atoms with E-state index in [2.05, 4.69) is 5.32 Å². The van der Waals surface area contributed by atoms with Gasteiger partial charge < -0.3 is 10.4 Å². The Bertz CT molecular complexity index is 852. The van der Waals surface area contributed by atoms with Crippen molar-refractivity contribution < 1.29 is 9.90 Å². The lowest BCUT2D eigenvalue weighted by molar-refractivity contribution is 0.0356. The molecule has 1 aliphatic heterocycles. The van der Waals surface area contributed by atoms with Crippen molar-refractivity contribution in [3.63, 3.8) is 0 Å². The average molecular weight is 275 g/mol. The fraction of sp³-hybridized carbons (Fsp3) is 0.0556. The van der Waals surface area contributed by atoms with Crippen LogP contribution in [0.2, 0.25) is 0 Å². The van der Waals surface area contributed by atoms with Gasteiger partial charge in [0.1, 0.15) is 0 Å². The summed E-state index contributed by atoms with van der Waals surface area (Å²) in [6, 6.07) is 20.5. The highest BCUT2D eigenvalue weighted by molar-refractivity contribution is 6.11. The molecule has 0 saturated heterocycles. The van der Waals surface area contributed by atoms with Crippen molar-refractivity contribution in [1.82, 2.24) is 5.32 Å². The van der Waals surface area contributed by atoms with E-state index in [-0.39, 0.29) is 5.91 Å². The fourth-order valence-corrected chi connectivity index (χ4v) is 3.04. The molecule has 1 unspecified atom stereocenters. The SMILES string of the molecule is O=C1NC(O)(c2ccccc2)c2cccc3cccc1c23. The van der Waals surface area contributed by atoms with Crippen LogP contribution in [0, 0.1) is 0 Å². The highest BCUT2D eigenvalue weighted by Crippen LogP contribution is 2.37. The number of rotatable bonds is 1. The lowest BCUT2D eigenvalue weighted by atomic mass is 9.85. The first kappa shape index (κ1) is 12.1. The third kappa shape index (κ3) is 1.61. The monoisotopic (exact) mass is 275 g/mol. The second-order valence-corrected chi connectivity index (χ2v) is 5.24. The molecule has 1 amide bonds. The molecule has 1 atom stereocenters. The van der Waals surface area contributed by atoms with E-state index >= 15 is 0 Å². The van der Waals surface area contributed by atoms with Crippen molar-refractivity contribution in [3.05, 3.63) is 83.4 Å². The van der Waals surface area contributed by atoms with Crippen molar-refractivity contribution in [2.45, 2.75) is 5.72 Å². The van der Waals surface area contributed by atoms with Crippen LogP contribution >= 0.6 is 0 Å². The topological polar surface area (TPSA) is 49.3 Å². The molecule has 1 heterocycles. The smallest absolute Gasteiger partial charge is 0.254 e. The first-order chi connectivity index (χ1) is 10.2. The molecule has 0 saturated carbocycles. The summed E-state index contributed by atoms with van der Waals surface area (Å²) >= 11 is 0. The van der Waals surface area contributed by atoms with Crippen molar-refractivity contribution in [2.24, 2.45) is 0 Å². The predicted octanol–water partition coefficient (Wildman–Crippen LogP) is 2.78. The number of benzene rings is 3. The number of carbonyl (C=O) groups is 1. The van der Waals surface area contributed by atoms with Crippen LogP contribution in [-0.2, 0) is 5.72 Å². The summed E-state index contributed by atoms with van der Waals surface area (Å²) in [6.45, 7) is 0. The van der Waals surface area contributed by atoms with Crippen LogP contribution in [0.25, 0.3) is 10.8 Å². The molecule has 1 aliphatic rings. The maximum Gasteiger partial charge on any atom is 0.254 e. The van der Waals surface area contributed by atoms with Gasteiger partial charge in [0.05, 0.1) is 0 Å². The van der Waals surface area contributed by atoms with Crippen LogP contribution in [0.3, 0.4) is 0 Å². The van der Waals surface area contributed by atoms with Gasteiger partial charge in [-0.25, -0.2) is 0 Å². The average Bonchev–Trinajstić information content (AvgIpc) is 2.53. The molecule has 0 aromatic heterocycles. The molecule has 3 heteroatoms. The minimum absolute atomic E-state index is 0.259. The molecule has 0 fully saturated rings. The maximum absolute atomic E-state index is 12.4. The zero-order valence-electron chi connectivity index (χ0n) is 11.2. The largest absolute Gasteiger partial charge is 0.363 e. The Hall–Kier alpha value is -2.65. The van der Waals surface area contributed by atoms with Gasteiger partial charge in [-0.3, -0.25) is 4.79 Å². The van der Waals surface area contributed by atoms with E-state index in [0.29, 0.717) is 16.7 Å². The summed E-state index contributed by atoms with van der Waals surface area (Å²) in [6.07, 6.45) is 0. The summed E-state index contributed by atoms with van der Waals surface area (Å²) in [5, 5.41) is 15.7. The number of hydrogen-bond donors (Lipinski definition) is 2. The van der Waals surface area contributed by atoms with Gasteiger partial charge in [0.25, 0.3) is 5.91 Å². The second-order valence-electron chi connectivity index (χ2n) is 5.24. The molecule has 0 aliphatic carbocycles. The van der Waals surface area contributed by atoms with Crippen molar-refractivity contribution in [2.75, 3.05) is 0 Å². The Balaban J connectivity index is 2.10. The van der Waals surface area contributed by atoms with Gasteiger partial charge in [0, 0.05) is 22.1 Å². The third-order valence-corrected chi connectivity index (χ3v) is 4.03. The zero-order valence-corrected chi connectivity index (χ0v) is 11.2. The van der Waals surface area contributed by atoms with Crippen molar-refractivity contribution >= 4 is 16.7 Å². The minimum atomic E-state index is -1.49. The van der Waals surface area contributed by atoms with Crippen LogP contribution in [0.15, 0.2) is 66.7 Å². The summed E-state index contributed by atoms with van der Waals surface area (Å²) in [4.78, 5) is 12.4. The molecule has 102 valence electrons. The standard InChI is InChI=1S/C18H13NO2/c20-17-14-10-4-6-12-7-5-11-15(16(12)14)18(21,19-17)13-8-2-1-3-9-13/h1-11,21H,(H,19,20). The quantitative estimate of drug-likeness (QED) is 0.717. The second kappa shape index (κ2) is 4.17. The Labute approximate surface area is 121 Å². The predicted molar refractivity (Wildman–Crippen MR) is 80.9 cm³/mol. The highest BCUT2D eigenvalue weighted by Gasteiger charge is 2.39. The highest BCUT2D eigenvalue weighted by atomic mass is 16.3. The molecule has 0 spiro atoms. The molecule has 3 nitrogen and oxygen atoms in total. The Morgan fingerprint density at radius 1 is 0.857 bits per heavy atom. The first-order valence-electron chi connectivity index (χ1n) is 6.83. The van der Waals surface area contributed by atoms with E-state index in [0.717, 1.165) is 10.8 Å². The van der Waals surface area contributed by atoms with Crippen molar-refractivity contribution in [3.8, 4) is 0 Å². The summed E-state index contributed by atoms with van der Waals surface area (Å²) in [7, 11) is 0. The molecule has 3 aromatic carbocycles. The van der Waals surface area contributed by atoms with E-state index in [9.17, 15) is 9.90 Å². The van der Waals surface area contributed by atoms with E-state index in [1.54, 1.807) is 6.07 Å². The molecule has 0 bridgehead atoms. The number of aliphatic hydroxyl groups is 1. The fourth-order valence-electron chi connectivity index (χ4n) is 3.04. The van der Waals surface area contributed by atoms with Gasteiger partial charge in [0.15, 0.2) is 5.72 Å². The third-order valence-electron chi connectivity index (χ3n) is 4.03. The lowest BCUT2D eigenvalue weighted by Crippen LogP contribution is -2.49. The minimum Gasteiger partial charge on any atom is -0.363 e. The van der Waals surface area contributed by atoms with Gasteiger partial charge in [0.2, 0.25) is 0 Å². The van der Waals surface area contributed by atoms with E-state index < -0.39 is 5.72 Å². The number of nitrogens with one attached hydrogen (secondary N) is 1. The molecule has 3 aromatic rings. The normalized spacial score (nSPS) is 20.3. The lowest BCUT2D eigenvalue weighted by Gasteiger charge is -2.35. The van der Waals surface area contributed by atoms with Crippen LogP contribution in [-0.4, -0.2) is 11.0 Å². The molecule has 2 N–H and O–H groups in total. The number of amides is 1. The Morgan fingerprint density at radius 3 is 2.33 bits per heavy atom. The van der Waals surface area contributed by atoms with Crippen LogP contribution in [0.1, 0.15) is 21.5 Å². The van der Waals surface area contributed by atoms with Gasteiger partial charge in [-0.15, -0.1) is 0 Å². The van der Waals surface area contributed by atoms with Crippen LogP contribution in [0.5, 0.6) is 0 Å². The van der Waals surface area contributed by atoms with Crippen molar-refractivity contribution in [1.29, 1.82) is 0 Å². The van der Waals surface area contributed by atoms with Gasteiger partial charge in [-0.1, -0.05) is 60.7 Å².